The Morgan fingerprint density at radius 3 is 2.62 bits per heavy atom. The van der Waals surface area contributed by atoms with Gasteiger partial charge in [-0.25, -0.2) is 13.4 Å². The Bertz CT molecular complexity index is 933. The number of nitrogens with two attached hydrogens (primary N) is 1. The van der Waals surface area contributed by atoms with Gasteiger partial charge >= 0.3 is 0 Å². The van der Waals surface area contributed by atoms with Crippen molar-refractivity contribution in [2.45, 2.75) is 4.90 Å². The minimum atomic E-state index is -3.82. The number of rotatable bonds is 3. The first-order chi connectivity index (χ1) is 9.85. The fraction of sp³-hybridized carbons (Fsp3) is 0. The highest BCUT2D eigenvalue weighted by atomic mass is 35.5. The summed E-state index contributed by atoms with van der Waals surface area (Å²) in [6, 6.07) is 6.48. The van der Waals surface area contributed by atoms with Crippen LogP contribution >= 0.6 is 45.9 Å². The molecule has 0 aliphatic heterocycles. The second-order valence-corrected chi connectivity index (χ2v) is 9.01. The van der Waals surface area contributed by atoms with E-state index in [1.165, 1.54) is 17.4 Å². The fourth-order valence-electron chi connectivity index (χ4n) is 1.66. The van der Waals surface area contributed by atoms with Gasteiger partial charge < -0.3 is 5.73 Å². The Labute approximate surface area is 138 Å². The summed E-state index contributed by atoms with van der Waals surface area (Å²) in [5, 5.41) is 0.244. The highest BCUT2D eigenvalue weighted by Gasteiger charge is 2.22. The Kier molecular flexibility index (Phi) is 3.74. The summed E-state index contributed by atoms with van der Waals surface area (Å²) in [6.07, 6.45) is 0. The molecule has 3 N–H and O–H groups in total. The zero-order valence-corrected chi connectivity index (χ0v) is 14.1. The van der Waals surface area contributed by atoms with Crippen molar-refractivity contribution in [1.82, 2.24) is 4.98 Å². The normalized spacial score (nSPS) is 11.9. The van der Waals surface area contributed by atoms with Crippen molar-refractivity contribution in [1.29, 1.82) is 0 Å². The molecule has 0 spiro atoms. The summed E-state index contributed by atoms with van der Waals surface area (Å²) in [5.41, 5.74) is 6.94. The van der Waals surface area contributed by atoms with Gasteiger partial charge in [0.15, 0.2) is 5.13 Å². The lowest BCUT2D eigenvalue weighted by atomic mass is 10.3. The first kappa shape index (κ1) is 14.9. The molecule has 3 aromatic rings. The zero-order valence-electron chi connectivity index (χ0n) is 10.1. The smallest absolute Gasteiger partial charge is 0.266 e. The number of hydrogen-bond acceptors (Lipinski definition) is 6. The van der Waals surface area contributed by atoms with Gasteiger partial charge in [0.2, 0.25) is 0 Å². The molecule has 0 unspecified atom stereocenters. The maximum atomic E-state index is 12.3. The molecule has 110 valence electrons. The van der Waals surface area contributed by atoms with E-state index < -0.39 is 10.0 Å². The maximum absolute atomic E-state index is 12.3. The minimum absolute atomic E-state index is 0.0575. The first-order valence-electron chi connectivity index (χ1n) is 5.49. The lowest BCUT2D eigenvalue weighted by Gasteiger charge is -2.02. The summed E-state index contributed by atoms with van der Waals surface area (Å²) >= 11 is 13.8. The van der Waals surface area contributed by atoms with Crippen LogP contribution in [0.3, 0.4) is 0 Å². The van der Waals surface area contributed by atoms with E-state index in [-0.39, 0.29) is 14.4 Å². The van der Waals surface area contributed by atoms with Crippen molar-refractivity contribution in [3.63, 3.8) is 0 Å². The van der Waals surface area contributed by atoms with Gasteiger partial charge in [-0.3, -0.25) is 4.72 Å². The molecule has 1 aromatic carbocycles. The molecule has 0 saturated carbocycles. The number of fused-ring (bicyclic) bond motifs is 1. The van der Waals surface area contributed by atoms with E-state index in [0.717, 1.165) is 16.0 Å². The molecular formula is C11H7Cl2N3O2S3. The van der Waals surface area contributed by atoms with Crippen molar-refractivity contribution < 1.29 is 8.42 Å². The Morgan fingerprint density at radius 1 is 1.19 bits per heavy atom. The molecule has 3 rings (SSSR count). The Hall–Kier alpha value is -1.06. The number of nitrogens with zero attached hydrogens (tertiary/aromatic N) is 1. The molecule has 10 heteroatoms. The van der Waals surface area contributed by atoms with E-state index in [4.69, 9.17) is 28.9 Å². The number of thiazole rings is 1. The first-order valence-corrected chi connectivity index (χ1v) is 9.36. The number of hydrogen-bond donors (Lipinski definition) is 2. The van der Waals surface area contributed by atoms with Gasteiger partial charge in [0, 0.05) is 5.69 Å². The van der Waals surface area contributed by atoms with Crippen LogP contribution < -0.4 is 10.5 Å². The molecule has 0 amide bonds. The second-order valence-electron chi connectivity index (χ2n) is 4.04. The molecule has 0 bridgehead atoms. The van der Waals surface area contributed by atoms with Gasteiger partial charge in [-0.2, -0.15) is 0 Å². The van der Waals surface area contributed by atoms with Crippen LogP contribution in [0.25, 0.3) is 10.2 Å². The average molecular weight is 380 g/mol. The molecule has 0 saturated heterocycles. The number of benzene rings is 1. The van der Waals surface area contributed by atoms with Crippen molar-refractivity contribution in [2.24, 2.45) is 0 Å². The Morgan fingerprint density at radius 2 is 1.95 bits per heavy atom. The topological polar surface area (TPSA) is 85.1 Å². The van der Waals surface area contributed by atoms with Gasteiger partial charge in [-0.05, 0) is 24.3 Å². The molecule has 0 fully saturated rings. The lowest BCUT2D eigenvalue weighted by molar-refractivity contribution is 0.601. The van der Waals surface area contributed by atoms with Crippen molar-refractivity contribution in [3.8, 4) is 0 Å². The SMILES string of the molecule is Nc1ccc2nc(NS(=O)(=O)c3cc(Cl)sc3Cl)sc2c1. The molecule has 2 aromatic heterocycles. The predicted molar refractivity (Wildman–Crippen MR) is 89.2 cm³/mol. The maximum Gasteiger partial charge on any atom is 0.266 e. The summed E-state index contributed by atoms with van der Waals surface area (Å²) < 4.78 is 28.2. The van der Waals surface area contributed by atoms with Crippen LogP contribution in [0, 0.1) is 0 Å². The third kappa shape index (κ3) is 2.95. The third-order valence-corrected chi connectivity index (χ3v) is 6.70. The van der Waals surface area contributed by atoms with E-state index >= 15 is 0 Å². The van der Waals surface area contributed by atoms with Gasteiger partial charge in [0.25, 0.3) is 10.0 Å². The van der Waals surface area contributed by atoms with Gasteiger partial charge in [-0.1, -0.05) is 34.5 Å². The van der Waals surface area contributed by atoms with Crippen LogP contribution in [0.5, 0.6) is 0 Å². The fourth-order valence-corrected chi connectivity index (χ4v) is 5.96. The van der Waals surface area contributed by atoms with Crippen LogP contribution in [0.4, 0.5) is 10.8 Å². The highest BCUT2D eigenvalue weighted by Crippen LogP contribution is 2.36. The van der Waals surface area contributed by atoms with Crippen LogP contribution in [0.15, 0.2) is 29.2 Å². The molecule has 5 nitrogen and oxygen atoms in total. The van der Waals surface area contributed by atoms with Gasteiger partial charge in [0.1, 0.15) is 9.23 Å². The van der Waals surface area contributed by atoms with Crippen molar-refractivity contribution >= 4 is 76.9 Å². The van der Waals surface area contributed by atoms with Gasteiger partial charge in [-0.15, -0.1) is 11.3 Å². The molecule has 0 aliphatic carbocycles. The number of sulfonamides is 1. The van der Waals surface area contributed by atoms with Crippen LogP contribution in [-0.2, 0) is 10.0 Å². The summed E-state index contributed by atoms with van der Waals surface area (Å²) in [7, 11) is -3.82. The van der Waals surface area contributed by atoms with Gasteiger partial charge in [0.05, 0.1) is 14.6 Å². The number of halogens is 2. The van der Waals surface area contributed by atoms with E-state index in [9.17, 15) is 8.42 Å². The van der Waals surface area contributed by atoms with Crippen molar-refractivity contribution in [2.75, 3.05) is 10.5 Å². The molecule has 21 heavy (non-hydrogen) atoms. The molecule has 2 heterocycles. The van der Waals surface area contributed by atoms with Crippen LogP contribution in [0.1, 0.15) is 0 Å². The third-order valence-electron chi connectivity index (χ3n) is 2.55. The van der Waals surface area contributed by atoms with E-state index in [2.05, 4.69) is 9.71 Å². The number of nitrogen functional groups attached to an aromatic ring is 1. The second kappa shape index (κ2) is 5.29. The minimum Gasteiger partial charge on any atom is -0.399 e. The highest BCUT2D eigenvalue weighted by molar-refractivity contribution is 7.93. The molecular weight excluding hydrogens is 373 g/mol. The lowest BCUT2D eigenvalue weighted by Crippen LogP contribution is -2.12. The summed E-state index contributed by atoms with van der Waals surface area (Å²) in [5.74, 6) is 0. The number of nitrogens with one attached hydrogen (secondary N) is 1. The van der Waals surface area contributed by atoms with E-state index in [1.807, 2.05) is 0 Å². The average Bonchev–Trinajstić information content (AvgIpc) is 2.91. The Balaban J connectivity index is 1.99. The van der Waals surface area contributed by atoms with Crippen LogP contribution in [-0.4, -0.2) is 13.4 Å². The summed E-state index contributed by atoms with van der Waals surface area (Å²) in [6.45, 7) is 0. The van der Waals surface area contributed by atoms with Crippen LogP contribution in [0.2, 0.25) is 8.67 Å². The molecule has 0 aliphatic rings. The quantitative estimate of drug-likeness (QED) is 0.672. The van der Waals surface area contributed by atoms with Crippen molar-refractivity contribution in [3.05, 3.63) is 32.9 Å². The predicted octanol–water partition coefficient (Wildman–Crippen LogP) is 4.05. The van der Waals surface area contributed by atoms with E-state index in [1.54, 1.807) is 18.2 Å². The number of anilines is 2. The number of thiophene rings is 1. The molecule has 0 atom stereocenters. The number of aromatic nitrogens is 1. The summed E-state index contributed by atoms with van der Waals surface area (Å²) in [4.78, 5) is 4.14. The standard InChI is InChI=1S/C11H7Cl2N3O2S3/c12-9-4-8(10(13)20-9)21(17,18)16-11-15-6-2-1-5(14)3-7(6)19-11/h1-4H,14H2,(H,15,16). The monoisotopic (exact) mass is 379 g/mol. The largest absolute Gasteiger partial charge is 0.399 e. The molecule has 0 radical (unpaired) electrons. The zero-order chi connectivity index (χ0) is 15.2. The van der Waals surface area contributed by atoms with E-state index in [0.29, 0.717) is 15.5 Å².